The number of halogens is 1. The predicted molar refractivity (Wildman–Crippen MR) is 100.0 cm³/mol. The maximum Gasteiger partial charge on any atom is 0.253 e. The number of sulfonamides is 1. The lowest BCUT2D eigenvalue weighted by molar-refractivity contribution is 0.0698. The predicted octanol–water partition coefficient (Wildman–Crippen LogP) is 2.90. The zero-order valence-electron chi connectivity index (χ0n) is 13.9. The maximum atomic E-state index is 12.7. The van der Waals surface area contributed by atoms with Gasteiger partial charge in [0, 0.05) is 36.2 Å². The summed E-state index contributed by atoms with van der Waals surface area (Å²) < 4.78 is 27.6. The van der Waals surface area contributed by atoms with E-state index in [4.69, 9.17) is 0 Å². The van der Waals surface area contributed by atoms with Crippen LogP contribution in [0, 0.1) is 6.92 Å². The van der Waals surface area contributed by atoms with Gasteiger partial charge in [0.25, 0.3) is 5.91 Å². The summed E-state index contributed by atoms with van der Waals surface area (Å²) in [6.07, 6.45) is 0. The van der Waals surface area contributed by atoms with Crippen LogP contribution in [0.25, 0.3) is 0 Å². The highest BCUT2D eigenvalue weighted by Crippen LogP contribution is 2.21. The number of piperazine rings is 1. The molecule has 1 heterocycles. The van der Waals surface area contributed by atoms with Crippen molar-refractivity contribution in [1.29, 1.82) is 0 Å². The molecule has 0 N–H and O–H groups in total. The molecule has 0 unspecified atom stereocenters. The summed E-state index contributed by atoms with van der Waals surface area (Å²) in [6.45, 7) is 3.35. The van der Waals surface area contributed by atoms with E-state index in [0.717, 1.165) is 10.0 Å². The number of hydrogen-bond acceptors (Lipinski definition) is 3. The van der Waals surface area contributed by atoms with E-state index in [1.807, 2.05) is 31.2 Å². The van der Waals surface area contributed by atoms with E-state index in [2.05, 4.69) is 15.9 Å². The second kappa shape index (κ2) is 7.27. The van der Waals surface area contributed by atoms with Gasteiger partial charge >= 0.3 is 0 Å². The highest BCUT2D eigenvalue weighted by atomic mass is 79.9. The van der Waals surface area contributed by atoms with Gasteiger partial charge < -0.3 is 4.90 Å². The molecule has 0 spiro atoms. The first kappa shape index (κ1) is 18.1. The number of carbonyl (C=O) groups excluding carboxylic acids is 1. The topological polar surface area (TPSA) is 57.7 Å². The third kappa shape index (κ3) is 3.94. The Labute approximate surface area is 156 Å². The van der Waals surface area contributed by atoms with Gasteiger partial charge in [0.05, 0.1) is 4.90 Å². The monoisotopic (exact) mass is 422 g/mol. The second-order valence-corrected chi connectivity index (χ2v) is 8.87. The van der Waals surface area contributed by atoms with Crippen LogP contribution >= 0.6 is 15.9 Å². The molecule has 0 aliphatic carbocycles. The lowest BCUT2D eigenvalue weighted by Gasteiger charge is -2.34. The molecule has 0 atom stereocenters. The van der Waals surface area contributed by atoms with Gasteiger partial charge in [-0.05, 0) is 37.3 Å². The molecule has 0 bridgehead atoms. The van der Waals surface area contributed by atoms with Crippen molar-refractivity contribution in [3.8, 4) is 0 Å². The van der Waals surface area contributed by atoms with Gasteiger partial charge in [-0.1, -0.05) is 39.7 Å². The zero-order valence-corrected chi connectivity index (χ0v) is 16.3. The van der Waals surface area contributed by atoms with E-state index >= 15 is 0 Å². The van der Waals surface area contributed by atoms with Crippen molar-refractivity contribution in [2.24, 2.45) is 0 Å². The molecule has 1 saturated heterocycles. The highest BCUT2D eigenvalue weighted by Gasteiger charge is 2.30. The van der Waals surface area contributed by atoms with E-state index in [9.17, 15) is 13.2 Å². The van der Waals surface area contributed by atoms with Crippen LogP contribution in [0.4, 0.5) is 0 Å². The Bertz CT molecular complexity index is 873. The molecule has 0 aromatic heterocycles. The fourth-order valence-corrected chi connectivity index (χ4v) is 4.81. The van der Waals surface area contributed by atoms with Gasteiger partial charge in [-0.15, -0.1) is 0 Å². The molecule has 5 nitrogen and oxygen atoms in total. The average molecular weight is 423 g/mol. The summed E-state index contributed by atoms with van der Waals surface area (Å²) in [5.74, 6) is -0.0560. The highest BCUT2D eigenvalue weighted by molar-refractivity contribution is 9.10. The van der Waals surface area contributed by atoms with E-state index in [0.29, 0.717) is 31.7 Å². The van der Waals surface area contributed by atoms with E-state index in [-0.39, 0.29) is 10.8 Å². The minimum atomic E-state index is -3.54. The Morgan fingerprint density at radius 1 is 1.00 bits per heavy atom. The number of hydrogen-bond donors (Lipinski definition) is 0. The van der Waals surface area contributed by atoms with Crippen molar-refractivity contribution in [3.05, 3.63) is 64.1 Å². The molecule has 1 fully saturated rings. The number of nitrogens with zero attached hydrogens (tertiary/aromatic N) is 2. The minimum Gasteiger partial charge on any atom is -0.336 e. The molecule has 1 aliphatic heterocycles. The normalized spacial score (nSPS) is 16.0. The van der Waals surface area contributed by atoms with Crippen molar-refractivity contribution < 1.29 is 13.2 Å². The van der Waals surface area contributed by atoms with Gasteiger partial charge in [0.1, 0.15) is 0 Å². The van der Waals surface area contributed by atoms with Gasteiger partial charge in [0.15, 0.2) is 0 Å². The SMILES string of the molecule is Cc1ccc(C(=O)N2CCN(S(=O)(=O)c3cccc(Br)c3)CC2)cc1. The molecular formula is C18H19BrN2O3S. The summed E-state index contributed by atoms with van der Waals surface area (Å²) in [7, 11) is -3.54. The summed E-state index contributed by atoms with van der Waals surface area (Å²) in [5, 5.41) is 0. The summed E-state index contributed by atoms with van der Waals surface area (Å²) >= 11 is 3.30. The molecule has 1 aliphatic rings. The number of carbonyl (C=O) groups is 1. The first-order valence-electron chi connectivity index (χ1n) is 7.99. The molecule has 2 aromatic carbocycles. The molecule has 0 saturated carbocycles. The van der Waals surface area contributed by atoms with Crippen molar-refractivity contribution in [2.75, 3.05) is 26.2 Å². The van der Waals surface area contributed by atoms with Crippen LogP contribution in [-0.2, 0) is 10.0 Å². The molecular weight excluding hydrogens is 404 g/mol. The van der Waals surface area contributed by atoms with Crippen molar-refractivity contribution in [3.63, 3.8) is 0 Å². The molecule has 132 valence electrons. The molecule has 25 heavy (non-hydrogen) atoms. The van der Waals surface area contributed by atoms with Crippen molar-refractivity contribution in [2.45, 2.75) is 11.8 Å². The van der Waals surface area contributed by atoms with Crippen LogP contribution < -0.4 is 0 Å². The van der Waals surface area contributed by atoms with Gasteiger partial charge in [-0.3, -0.25) is 4.79 Å². The fourth-order valence-electron chi connectivity index (χ4n) is 2.79. The first-order chi connectivity index (χ1) is 11.9. The third-order valence-corrected chi connectivity index (χ3v) is 6.65. The molecule has 7 heteroatoms. The smallest absolute Gasteiger partial charge is 0.253 e. The van der Waals surface area contributed by atoms with Crippen LogP contribution in [0.1, 0.15) is 15.9 Å². The Morgan fingerprint density at radius 3 is 2.24 bits per heavy atom. The molecule has 2 aromatic rings. The minimum absolute atomic E-state index is 0.0560. The van der Waals surface area contributed by atoms with E-state index in [1.165, 1.54) is 4.31 Å². The van der Waals surface area contributed by atoms with Crippen LogP contribution in [0.2, 0.25) is 0 Å². The Kier molecular flexibility index (Phi) is 5.27. The van der Waals surface area contributed by atoms with Gasteiger partial charge in [-0.25, -0.2) is 8.42 Å². The number of aryl methyl sites for hydroxylation is 1. The lowest BCUT2D eigenvalue weighted by Crippen LogP contribution is -2.50. The zero-order chi connectivity index (χ0) is 18.0. The van der Waals surface area contributed by atoms with Gasteiger partial charge in [-0.2, -0.15) is 4.31 Å². The Hall–Kier alpha value is -1.70. The summed E-state index contributed by atoms with van der Waals surface area (Å²) in [4.78, 5) is 14.5. The van der Waals surface area contributed by atoms with Crippen molar-refractivity contribution >= 4 is 31.9 Å². The largest absolute Gasteiger partial charge is 0.336 e. The summed E-state index contributed by atoms with van der Waals surface area (Å²) in [6, 6.07) is 14.1. The van der Waals surface area contributed by atoms with E-state index in [1.54, 1.807) is 29.2 Å². The first-order valence-corrected chi connectivity index (χ1v) is 10.2. The lowest BCUT2D eigenvalue weighted by atomic mass is 10.1. The summed E-state index contributed by atoms with van der Waals surface area (Å²) in [5.41, 5.74) is 1.73. The second-order valence-electron chi connectivity index (χ2n) is 6.02. The maximum absolute atomic E-state index is 12.7. The Morgan fingerprint density at radius 2 is 1.64 bits per heavy atom. The quantitative estimate of drug-likeness (QED) is 0.763. The van der Waals surface area contributed by atoms with Gasteiger partial charge in [0.2, 0.25) is 10.0 Å². The van der Waals surface area contributed by atoms with E-state index < -0.39 is 10.0 Å². The molecule has 1 amide bonds. The standard InChI is InChI=1S/C18H19BrN2O3S/c1-14-5-7-15(8-6-14)18(22)20-9-11-21(12-10-20)25(23,24)17-4-2-3-16(19)13-17/h2-8,13H,9-12H2,1H3. The Balaban J connectivity index is 1.69. The van der Waals surface area contributed by atoms with Crippen LogP contribution in [0.15, 0.2) is 57.9 Å². The van der Waals surface area contributed by atoms with Crippen LogP contribution in [0.5, 0.6) is 0 Å². The molecule has 0 radical (unpaired) electrons. The fraction of sp³-hybridized carbons (Fsp3) is 0.278. The number of benzene rings is 2. The number of rotatable bonds is 3. The average Bonchev–Trinajstić information content (AvgIpc) is 2.62. The molecule has 3 rings (SSSR count). The van der Waals surface area contributed by atoms with Crippen LogP contribution in [0.3, 0.4) is 0 Å². The third-order valence-electron chi connectivity index (χ3n) is 4.26. The number of amides is 1. The van der Waals surface area contributed by atoms with Crippen LogP contribution in [-0.4, -0.2) is 49.7 Å². The van der Waals surface area contributed by atoms with Crippen molar-refractivity contribution in [1.82, 2.24) is 9.21 Å².